The van der Waals surface area contributed by atoms with E-state index in [-0.39, 0.29) is 5.75 Å². The van der Waals surface area contributed by atoms with Crippen molar-refractivity contribution < 1.29 is 15.0 Å². The van der Waals surface area contributed by atoms with Gasteiger partial charge in [-0.05, 0) is 48.4 Å². The van der Waals surface area contributed by atoms with Gasteiger partial charge in [0.2, 0.25) is 0 Å². The summed E-state index contributed by atoms with van der Waals surface area (Å²) in [6.45, 7) is 3.15. The number of benzene rings is 1. The maximum atomic E-state index is 12.1. The number of nitrogens with one attached hydrogen (secondary N) is 1. The van der Waals surface area contributed by atoms with E-state index in [1.807, 2.05) is 6.07 Å². The highest BCUT2D eigenvalue weighted by atomic mass is 16.4. The Morgan fingerprint density at radius 1 is 1.36 bits per heavy atom. The summed E-state index contributed by atoms with van der Waals surface area (Å²) >= 11 is 0. The minimum absolute atomic E-state index is 0.238. The minimum atomic E-state index is -0.719. The molecule has 1 saturated carbocycles. The Bertz CT molecular complexity index is 858. The Labute approximate surface area is 146 Å². The maximum Gasteiger partial charge on any atom is 0.321 e. The second-order valence-electron chi connectivity index (χ2n) is 8.10. The van der Waals surface area contributed by atoms with Crippen LogP contribution in [0.5, 0.6) is 5.75 Å². The number of nitrogens with zero attached hydrogens (tertiary/aromatic N) is 1. The van der Waals surface area contributed by atoms with E-state index in [0.717, 1.165) is 35.9 Å². The van der Waals surface area contributed by atoms with Crippen molar-refractivity contribution in [3.8, 4) is 5.75 Å². The molecular weight excluding hydrogens is 316 g/mol. The van der Waals surface area contributed by atoms with E-state index >= 15 is 0 Å². The summed E-state index contributed by atoms with van der Waals surface area (Å²) in [5, 5.41) is 20.9. The standard InChI is InChI=1S/C20H24N2O3/c1-2-11-5-10-6-15-18-14(13-7-12(23)3-4-16(13)21-18)8-17(20(24)25)22(9-10)19(11)15/h3-4,7,10-11,15,17,19,21,23H,2,5-6,8-9H2,1H3,(H,24,25)/t10?,11?,15?,17-,19?/m0/s1. The topological polar surface area (TPSA) is 76.6 Å². The molecular formula is C20H24N2O3. The molecule has 5 unspecified atom stereocenters. The Balaban J connectivity index is 1.73. The number of carbonyl (C=O) groups is 1. The number of piperidine rings is 2. The van der Waals surface area contributed by atoms with E-state index in [2.05, 4.69) is 16.8 Å². The molecule has 1 aromatic carbocycles. The molecule has 4 heterocycles. The zero-order valence-corrected chi connectivity index (χ0v) is 14.4. The molecule has 25 heavy (non-hydrogen) atoms. The fraction of sp³-hybridized carbons (Fsp3) is 0.550. The molecule has 2 aromatic rings. The summed E-state index contributed by atoms with van der Waals surface area (Å²) in [7, 11) is 0. The molecule has 0 amide bonds. The van der Waals surface area contributed by atoms with Gasteiger partial charge in [0.25, 0.3) is 0 Å². The number of hydrogen-bond acceptors (Lipinski definition) is 3. The molecule has 5 nitrogen and oxygen atoms in total. The van der Waals surface area contributed by atoms with Gasteiger partial charge in [-0.15, -0.1) is 0 Å². The van der Waals surface area contributed by atoms with E-state index in [0.29, 0.717) is 30.2 Å². The number of aromatic amines is 1. The highest BCUT2D eigenvalue weighted by Crippen LogP contribution is 2.52. The molecule has 0 spiro atoms. The molecule has 1 aliphatic carbocycles. The lowest BCUT2D eigenvalue weighted by Gasteiger charge is -2.54. The first-order valence-corrected chi connectivity index (χ1v) is 9.38. The molecule has 5 heteroatoms. The molecule has 2 saturated heterocycles. The molecule has 3 N–H and O–H groups in total. The largest absolute Gasteiger partial charge is 0.508 e. The number of aliphatic carboxylic acids is 1. The summed E-state index contributed by atoms with van der Waals surface area (Å²) in [4.78, 5) is 18.0. The fourth-order valence-corrected chi connectivity index (χ4v) is 5.93. The third-order valence-electron chi connectivity index (χ3n) is 6.87. The second-order valence-corrected chi connectivity index (χ2v) is 8.10. The third kappa shape index (κ3) is 2.08. The van der Waals surface area contributed by atoms with Crippen molar-refractivity contribution in [2.24, 2.45) is 11.8 Å². The molecule has 6 atom stereocenters. The van der Waals surface area contributed by atoms with Gasteiger partial charge in [0.05, 0.1) is 0 Å². The zero-order chi connectivity index (χ0) is 17.3. The number of fused-ring (bicyclic) bond motifs is 4. The van der Waals surface area contributed by atoms with Crippen LogP contribution in [0.3, 0.4) is 0 Å². The van der Waals surface area contributed by atoms with Gasteiger partial charge in [0.15, 0.2) is 0 Å². The number of carboxylic acids is 1. The van der Waals surface area contributed by atoms with E-state index in [1.54, 1.807) is 12.1 Å². The first kappa shape index (κ1) is 15.3. The van der Waals surface area contributed by atoms with Crippen LogP contribution in [0.15, 0.2) is 18.2 Å². The molecule has 3 aliphatic heterocycles. The van der Waals surface area contributed by atoms with Crippen molar-refractivity contribution >= 4 is 16.9 Å². The van der Waals surface area contributed by atoms with Crippen LogP contribution in [0.25, 0.3) is 10.9 Å². The van der Waals surface area contributed by atoms with Crippen LogP contribution in [-0.2, 0) is 11.2 Å². The van der Waals surface area contributed by atoms with Gasteiger partial charge >= 0.3 is 5.97 Å². The van der Waals surface area contributed by atoms with Crippen LogP contribution in [0, 0.1) is 11.8 Å². The van der Waals surface area contributed by atoms with Crippen molar-refractivity contribution in [1.82, 2.24) is 9.88 Å². The van der Waals surface area contributed by atoms with E-state index in [1.165, 1.54) is 12.1 Å². The van der Waals surface area contributed by atoms with Gasteiger partial charge in [0.1, 0.15) is 11.8 Å². The average Bonchev–Trinajstić information content (AvgIpc) is 2.91. The zero-order valence-electron chi connectivity index (χ0n) is 14.4. The van der Waals surface area contributed by atoms with E-state index in [4.69, 9.17) is 0 Å². The smallest absolute Gasteiger partial charge is 0.321 e. The predicted octanol–water partition coefficient (Wildman–Crippen LogP) is 3.09. The van der Waals surface area contributed by atoms with Crippen molar-refractivity contribution in [3.05, 3.63) is 29.5 Å². The number of phenols is 1. The second kappa shape index (κ2) is 5.24. The summed E-state index contributed by atoms with van der Waals surface area (Å²) in [5.74, 6) is 1.06. The van der Waals surface area contributed by atoms with Gasteiger partial charge < -0.3 is 15.2 Å². The van der Waals surface area contributed by atoms with Gasteiger partial charge in [-0.1, -0.05) is 13.3 Å². The average molecular weight is 340 g/mol. The Kier molecular flexibility index (Phi) is 3.20. The van der Waals surface area contributed by atoms with Gasteiger partial charge in [-0.2, -0.15) is 0 Å². The van der Waals surface area contributed by atoms with Gasteiger partial charge in [-0.3, -0.25) is 9.69 Å². The monoisotopic (exact) mass is 340 g/mol. The Morgan fingerprint density at radius 2 is 2.20 bits per heavy atom. The highest BCUT2D eigenvalue weighted by molar-refractivity contribution is 5.87. The summed E-state index contributed by atoms with van der Waals surface area (Å²) < 4.78 is 0. The molecule has 132 valence electrons. The lowest BCUT2D eigenvalue weighted by molar-refractivity contribution is -0.148. The van der Waals surface area contributed by atoms with Crippen LogP contribution >= 0.6 is 0 Å². The van der Waals surface area contributed by atoms with E-state index < -0.39 is 12.0 Å². The summed E-state index contributed by atoms with van der Waals surface area (Å²) in [6, 6.07) is 5.24. The number of aromatic nitrogens is 1. The normalized spacial score (nSPS) is 36.2. The van der Waals surface area contributed by atoms with Crippen molar-refractivity contribution in [1.29, 1.82) is 0 Å². The number of aromatic hydroxyl groups is 1. The molecule has 6 rings (SSSR count). The first-order chi connectivity index (χ1) is 12.1. The number of hydrogen-bond donors (Lipinski definition) is 3. The molecule has 0 radical (unpaired) electrons. The first-order valence-electron chi connectivity index (χ1n) is 9.38. The van der Waals surface area contributed by atoms with Crippen LogP contribution in [-0.4, -0.2) is 44.7 Å². The van der Waals surface area contributed by atoms with Crippen molar-refractivity contribution in [2.45, 2.75) is 50.6 Å². The predicted molar refractivity (Wildman–Crippen MR) is 94.8 cm³/mol. The number of H-pyrrole nitrogens is 1. The Morgan fingerprint density at radius 3 is 2.96 bits per heavy atom. The van der Waals surface area contributed by atoms with Crippen LogP contribution in [0.2, 0.25) is 0 Å². The summed E-state index contributed by atoms with van der Waals surface area (Å²) in [5.41, 5.74) is 3.34. The fourth-order valence-electron chi connectivity index (χ4n) is 5.93. The molecule has 1 aromatic heterocycles. The van der Waals surface area contributed by atoms with Gasteiger partial charge in [-0.25, -0.2) is 0 Å². The summed E-state index contributed by atoms with van der Waals surface area (Å²) in [6.07, 6.45) is 4.01. The number of carboxylic acid groups (broad SMARTS) is 1. The quantitative estimate of drug-likeness (QED) is 0.785. The Hall–Kier alpha value is -2.01. The van der Waals surface area contributed by atoms with Crippen molar-refractivity contribution in [3.63, 3.8) is 0 Å². The van der Waals surface area contributed by atoms with Crippen LogP contribution < -0.4 is 0 Å². The van der Waals surface area contributed by atoms with Crippen LogP contribution in [0.4, 0.5) is 0 Å². The maximum absolute atomic E-state index is 12.1. The number of rotatable bonds is 2. The van der Waals surface area contributed by atoms with Crippen LogP contribution in [0.1, 0.15) is 43.4 Å². The molecule has 4 bridgehead atoms. The van der Waals surface area contributed by atoms with E-state index in [9.17, 15) is 15.0 Å². The minimum Gasteiger partial charge on any atom is -0.508 e. The lowest BCUT2D eigenvalue weighted by Crippen LogP contribution is -2.60. The molecule has 4 aliphatic rings. The third-order valence-corrected chi connectivity index (χ3v) is 6.87. The van der Waals surface area contributed by atoms with Crippen molar-refractivity contribution in [2.75, 3.05) is 6.54 Å². The molecule has 3 fully saturated rings. The SMILES string of the molecule is CCC1CC2CC3c4[nH]c5ccc(O)cc5c4C[C@@H](C(=O)O)N(C2)C13. The number of phenolic OH excluding ortho intramolecular Hbond substituents is 1. The lowest BCUT2D eigenvalue weighted by atomic mass is 9.65. The highest BCUT2D eigenvalue weighted by Gasteiger charge is 2.52. The van der Waals surface area contributed by atoms with Gasteiger partial charge in [0, 0.05) is 41.5 Å².